The zero-order chi connectivity index (χ0) is 15.2. The smallest absolute Gasteiger partial charge is 0.0438 e. The highest BCUT2D eigenvalue weighted by atomic mass is 35.5. The molecule has 118 valence electrons. The number of nitrogens with zero attached hydrogens (tertiary/aromatic N) is 1. The van der Waals surface area contributed by atoms with Crippen molar-refractivity contribution in [1.29, 1.82) is 0 Å². The molecule has 1 fully saturated rings. The van der Waals surface area contributed by atoms with E-state index < -0.39 is 0 Å². The molecule has 2 rings (SSSR count). The summed E-state index contributed by atoms with van der Waals surface area (Å²) >= 11 is 6.25. The number of hydrogen-bond donors (Lipinski definition) is 1. The lowest BCUT2D eigenvalue weighted by Gasteiger charge is -2.35. The van der Waals surface area contributed by atoms with Crippen molar-refractivity contribution < 1.29 is 0 Å². The van der Waals surface area contributed by atoms with Gasteiger partial charge in [-0.2, -0.15) is 0 Å². The van der Waals surface area contributed by atoms with Crippen molar-refractivity contribution >= 4 is 11.6 Å². The predicted octanol–water partition coefficient (Wildman–Crippen LogP) is 3.98. The molecule has 0 amide bonds. The van der Waals surface area contributed by atoms with Crippen LogP contribution in [0.3, 0.4) is 0 Å². The Bertz CT molecular complexity index is 427. The van der Waals surface area contributed by atoms with E-state index in [9.17, 15) is 0 Å². The summed E-state index contributed by atoms with van der Waals surface area (Å²) in [4.78, 5) is 2.55. The molecule has 0 aromatic heterocycles. The fourth-order valence-electron chi connectivity index (χ4n) is 3.41. The van der Waals surface area contributed by atoms with Crippen LogP contribution < -0.4 is 5.32 Å². The van der Waals surface area contributed by atoms with Gasteiger partial charge in [-0.1, -0.05) is 36.7 Å². The Morgan fingerprint density at radius 2 is 1.90 bits per heavy atom. The third kappa shape index (κ3) is 4.98. The Balaban J connectivity index is 1.80. The van der Waals surface area contributed by atoms with Crippen LogP contribution in [0.5, 0.6) is 0 Å². The second-order valence-electron chi connectivity index (χ2n) is 6.42. The van der Waals surface area contributed by atoms with Gasteiger partial charge >= 0.3 is 0 Å². The van der Waals surface area contributed by atoms with Crippen LogP contribution >= 0.6 is 11.6 Å². The van der Waals surface area contributed by atoms with Crippen LogP contribution in [0.25, 0.3) is 0 Å². The highest BCUT2D eigenvalue weighted by molar-refractivity contribution is 6.31. The van der Waals surface area contributed by atoms with Crippen LogP contribution in [0.2, 0.25) is 5.02 Å². The van der Waals surface area contributed by atoms with Gasteiger partial charge in [0.05, 0.1) is 0 Å². The molecule has 1 aromatic carbocycles. The summed E-state index contributed by atoms with van der Waals surface area (Å²) in [6.45, 7) is 10.6. The van der Waals surface area contributed by atoms with Crippen LogP contribution in [-0.2, 0) is 6.42 Å². The maximum absolute atomic E-state index is 6.25. The quantitative estimate of drug-likeness (QED) is 0.855. The normalized spacial score (nSPS) is 20.4. The van der Waals surface area contributed by atoms with E-state index in [2.05, 4.69) is 43.1 Å². The second kappa shape index (κ2) is 8.17. The molecule has 1 N–H and O–H groups in total. The van der Waals surface area contributed by atoms with E-state index in [1.807, 2.05) is 12.1 Å². The number of nitrogens with one attached hydrogen (secondary N) is 1. The molecule has 0 aliphatic carbocycles. The van der Waals surface area contributed by atoms with Crippen LogP contribution in [-0.4, -0.2) is 36.6 Å². The van der Waals surface area contributed by atoms with E-state index in [1.54, 1.807) is 0 Å². The topological polar surface area (TPSA) is 15.3 Å². The van der Waals surface area contributed by atoms with E-state index in [-0.39, 0.29) is 0 Å². The van der Waals surface area contributed by atoms with Gasteiger partial charge in [0.25, 0.3) is 0 Å². The van der Waals surface area contributed by atoms with Crippen LogP contribution in [0.15, 0.2) is 24.3 Å². The molecule has 0 spiro atoms. The molecular weight excluding hydrogens is 280 g/mol. The number of likely N-dealkylation sites (tertiary alicyclic amines) is 1. The van der Waals surface area contributed by atoms with E-state index in [4.69, 9.17) is 11.6 Å². The lowest BCUT2D eigenvalue weighted by atomic mass is 9.89. The van der Waals surface area contributed by atoms with Crippen molar-refractivity contribution in [2.24, 2.45) is 5.92 Å². The van der Waals surface area contributed by atoms with Crippen molar-refractivity contribution in [2.75, 3.05) is 19.6 Å². The minimum Gasteiger partial charge on any atom is -0.311 e. The van der Waals surface area contributed by atoms with Crippen LogP contribution in [0.4, 0.5) is 0 Å². The Morgan fingerprint density at radius 1 is 1.24 bits per heavy atom. The Hall–Kier alpha value is -0.570. The highest BCUT2D eigenvalue weighted by Crippen LogP contribution is 2.22. The van der Waals surface area contributed by atoms with Crippen molar-refractivity contribution in [2.45, 2.75) is 52.1 Å². The molecule has 1 heterocycles. The van der Waals surface area contributed by atoms with Gasteiger partial charge in [-0.15, -0.1) is 0 Å². The molecule has 1 aliphatic heterocycles. The molecule has 1 saturated heterocycles. The van der Waals surface area contributed by atoms with Gasteiger partial charge in [0, 0.05) is 17.1 Å². The van der Waals surface area contributed by atoms with Crippen molar-refractivity contribution in [3.05, 3.63) is 34.9 Å². The number of benzene rings is 1. The zero-order valence-corrected chi connectivity index (χ0v) is 14.4. The maximum Gasteiger partial charge on any atom is 0.0438 e. The molecule has 21 heavy (non-hydrogen) atoms. The van der Waals surface area contributed by atoms with Gasteiger partial charge in [-0.3, -0.25) is 0 Å². The summed E-state index contributed by atoms with van der Waals surface area (Å²) in [5, 5.41) is 4.67. The molecule has 0 radical (unpaired) electrons. The number of rotatable bonds is 6. The zero-order valence-electron chi connectivity index (χ0n) is 13.6. The molecule has 2 unspecified atom stereocenters. The van der Waals surface area contributed by atoms with E-state index in [0.29, 0.717) is 12.1 Å². The second-order valence-corrected chi connectivity index (χ2v) is 6.83. The summed E-state index contributed by atoms with van der Waals surface area (Å²) in [6.07, 6.45) is 3.64. The third-order valence-electron chi connectivity index (χ3n) is 4.82. The first kappa shape index (κ1) is 16.8. The first-order chi connectivity index (χ1) is 10.1. The van der Waals surface area contributed by atoms with E-state index in [0.717, 1.165) is 17.4 Å². The molecule has 1 aromatic rings. The molecule has 2 nitrogen and oxygen atoms in total. The molecule has 3 heteroatoms. The lowest BCUT2D eigenvalue weighted by Crippen LogP contribution is -2.45. The first-order valence-corrected chi connectivity index (χ1v) is 8.69. The summed E-state index contributed by atoms with van der Waals surface area (Å²) in [6, 6.07) is 9.22. The maximum atomic E-state index is 6.25. The molecule has 1 aliphatic rings. The van der Waals surface area contributed by atoms with E-state index >= 15 is 0 Å². The number of hydrogen-bond acceptors (Lipinski definition) is 2. The van der Waals surface area contributed by atoms with Crippen molar-refractivity contribution in [3.8, 4) is 0 Å². The number of halogens is 1. The summed E-state index contributed by atoms with van der Waals surface area (Å²) in [5.74, 6) is 0.807. The molecule has 0 bridgehead atoms. The van der Waals surface area contributed by atoms with Gasteiger partial charge in [0.15, 0.2) is 0 Å². The third-order valence-corrected chi connectivity index (χ3v) is 5.19. The van der Waals surface area contributed by atoms with Crippen molar-refractivity contribution in [3.63, 3.8) is 0 Å². The monoisotopic (exact) mass is 308 g/mol. The summed E-state index contributed by atoms with van der Waals surface area (Å²) < 4.78 is 0. The SMILES string of the molecule is CCN1CCC(C(C)NC(C)Cc2ccccc2Cl)CC1. The fraction of sp³-hybridized carbons (Fsp3) is 0.667. The van der Waals surface area contributed by atoms with Crippen LogP contribution in [0, 0.1) is 5.92 Å². The standard InChI is InChI=1S/C18H29ClN2/c1-4-21-11-9-16(10-12-21)15(3)20-14(2)13-17-7-5-6-8-18(17)19/h5-8,14-16,20H,4,9-13H2,1-3H3. The molecule has 2 atom stereocenters. The number of piperidine rings is 1. The predicted molar refractivity (Wildman–Crippen MR) is 92.1 cm³/mol. The van der Waals surface area contributed by atoms with Crippen molar-refractivity contribution in [1.82, 2.24) is 10.2 Å². The van der Waals surface area contributed by atoms with E-state index in [1.165, 1.54) is 38.0 Å². The van der Waals surface area contributed by atoms with Crippen LogP contribution in [0.1, 0.15) is 39.2 Å². The average molecular weight is 309 g/mol. The Kier molecular flexibility index (Phi) is 6.53. The highest BCUT2D eigenvalue weighted by Gasteiger charge is 2.24. The lowest BCUT2D eigenvalue weighted by molar-refractivity contribution is 0.165. The largest absolute Gasteiger partial charge is 0.311 e. The van der Waals surface area contributed by atoms with Gasteiger partial charge in [-0.05, 0) is 70.3 Å². The molecule has 0 saturated carbocycles. The van der Waals surface area contributed by atoms with Gasteiger partial charge < -0.3 is 10.2 Å². The van der Waals surface area contributed by atoms with Gasteiger partial charge in [0.2, 0.25) is 0 Å². The molecular formula is C18H29ClN2. The average Bonchev–Trinajstić information content (AvgIpc) is 2.49. The first-order valence-electron chi connectivity index (χ1n) is 8.32. The minimum atomic E-state index is 0.462. The fourth-order valence-corrected chi connectivity index (χ4v) is 3.62. The van der Waals surface area contributed by atoms with Gasteiger partial charge in [-0.25, -0.2) is 0 Å². The minimum absolute atomic E-state index is 0.462. The van der Waals surface area contributed by atoms with Gasteiger partial charge in [0.1, 0.15) is 0 Å². The summed E-state index contributed by atoms with van der Waals surface area (Å²) in [7, 11) is 0. The summed E-state index contributed by atoms with van der Waals surface area (Å²) in [5.41, 5.74) is 1.24. The Morgan fingerprint density at radius 3 is 2.52 bits per heavy atom. The Labute approximate surface area is 134 Å².